The van der Waals surface area contributed by atoms with Gasteiger partial charge in [0, 0.05) is 47.7 Å². The lowest BCUT2D eigenvalue weighted by Gasteiger charge is -2.34. The first-order chi connectivity index (χ1) is 14.6. The monoisotopic (exact) mass is 422 g/mol. The first-order valence-corrected chi connectivity index (χ1v) is 10.2. The molecule has 0 unspecified atom stereocenters. The summed E-state index contributed by atoms with van der Waals surface area (Å²) in [6.45, 7) is 1.45. The van der Waals surface area contributed by atoms with Crippen LogP contribution in [-0.2, 0) is 11.3 Å². The summed E-state index contributed by atoms with van der Waals surface area (Å²) in [5, 5.41) is 13.8. The average molecular weight is 423 g/mol. The van der Waals surface area contributed by atoms with Crippen LogP contribution in [-0.4, -0.2) is 24.0 Å². The predicted molar refractivity (Wildman–Crippen MR) is 115 cm³/mol. The molecule has 0 atom stereocenters. The third-order valence-electron chi connectivity index (χ3n) is 5.51. The van der Waals surface area contributed by atoms with Gasteiger partial charge in [0.15, 0.2) is 0 Å². The Kier molecular flexibility index (Phi) is 5.82. The lowest BCUT2D eigenvalue weighted by Crippen LogP contribution is -2.40. The van der Waals surface area contributed by atoms with E-state index in [1.807, 2.05) is 12.1 Å². The van der Waals surface area contributed by atoms with Crippen molar-refractivity contribution in [3.05, 3.63) is 70.6 Å². The molecule has 1 aromatic heterocycles. The quantitative estimate of drug-likeness (QED) is 0.675. The number of anilines is 1. The lowest BCUT2D eigenvalue weighted by atomic mass is 9.94. The van der Waals surface area contributed by atoms with Gasteiger partial charge >= 0.3 is 0 Å². The van der Waals surface area contributed by atoms with Gasteiger partial charge in [-0.05, 0) is 37.1 Å². The number of benzene rings is 2. The molecular formula is C23H20ClFN4O. The van der Waals surface area contributed by atoms with Crippen LogP contribution in [0.4, 0.5) is 10.1 Å². The number of halogens is 2. The van der Waals surface area contributed by atoms with Crippen LogP contribution in [0, 0.1) is 23.1 Å². The summed E-state index contributed by atoms with van der Waals surface area (Å²) >= 11 is 6.18. The van der Waals surface area contributed by atoms with E-state index in [2.05, 4.69) is 21.3 Å². The fourth-order valence-electron chi connectivity index (χ4n) is 3.91. The summed E-state index contributed by atoms with van der Waals surface area (Å²) in [4.78, 5) is 19.0. The fraction of sp³-hybridized carbons (Fsp3) is 0.261. The summed E-state index contributed by atoms with van der Waals surface area (Å²) in [6.07, 6.45) is 2.88. The summed E-state index contributed by atoms with van der Waals surface area (Å²) < 4.78 is 13.7. The molecule has 0 spiro atoms. The lowest BCUT2D eigenvalue weighted by molar-refractivity contribution is -0.125. The Bertz CT molecular complexity index is 1140. The van der Waals surface area contributed by atoms with Crippen LogP contribution in [0.25, 0.3) is 10.9 Å². The second-order valence-corrected chi connectivity index (χ2v) is 7.80. The Morgan fingerprint density at radius 3 is 2.77 bits per heavy atom. The summed E-state index contributed by atoms with van der Waals surface area (Å²) in [7, 11) is 0. The van der Waals surface area contributed by atoms with E-state index in [0.29, 0.717) is 42.1 Å². The van der Waals surface area contributed by atoms with E-state index in [4.69, 9.17) is 11.6 Å². The molecule has 2 heterocycles. The Balaban J connectivity index is 1.46. The zero-order valence-electron chi connectivity index (χ0n) is 16.2. The van der Waals surface area contributed by atoms with Crippen molar-refractivity contribution in [2.24, 2.45) is 5.92 Å². The molecule has 4 rings (SSSR count). The summed E-state index contributed by atoms with van der Waals surface area (Å²) in [6, 6.07) is 14.1. The molecule has 1 fully saturated rings. The molecule has 2 aromatic carbocycles. The number of rotatable bonds is 4. The average Bonchev–Trinajstić information content (AvgIpc) is 2.77. The van der Waals surface area contributed by atoms with Crippen molar-refractivity contribution in [2.75, 3.05) is 18.0 Å². The fourth-order valence-corrected chi connectivity index (χ4v) is 4.08. The molecule has 5 nitrogen and oxygen atoms in total. The molecule has 1 saturated heterocycles. The highest BCUT2D eigenvalue weighted by atomic mass is 35.5. The third kappa shape index (κ3) is 4.07. The maximum Gasteiger partial charge on any atom is 0.223 e. The standard InChI is InChI=1S/C23H20ClFN4O/c24-18-5-6-21-19(11-18)22(17(12-26)14-27-21)29-9-7-15(8-10-29)23(30)28-13-16-3-1-2-4-20(16)25/h1-6,11,14-15H,7-10,13H2,(H,28,30). The van der Waals surface area contributed by atoms with Crippen LogP contribution in [0.2, 0.25) is 5.02 Å². The Labute approximate surface area is 179 Å². The molecule has 1 aliphatic heterocycles. The SMILES string of the molecule is N#Cc1cnc2ccc(Cl)cc2c1N1CCC(C(=O)NCc2ccccc2F)CC1. The molecule has 3 aromatic rings. The number of carbonyl (C=O) groups excluding carboxylic acids is 1. The van der Waals surface area contributed by atoms with Gasteiger partial charge in [-0.25, -0.2) is 4.39 Å². The first kappa shape index (κ1) is 20.1. The predicted octanol–water partition coefficient (Wildman–Crippen LogP) is 4.43. The van der Waals surface area contributed by atoms with Crippen molar-refractivity contribution in [1.82, 2.24) is 10.3 Å². The van der Waals surface area contributed by atoms with Crippen LogP contribution in [0.1, 0.15) is 24.0 Å². The Morgan fingerprint density at radius 1 is 1.27 bits per heavy atom. The van der Waals surface area contributed by atoms with Crippen LogP contribution >= 0.6 is 11.6 Å². The minimum absolute atomic E-state index is 0.0685. The number of pyridine rings is 1. The normalized spacial score (nSPS) is 14.5. The molecule has 30 heavy (non-hydrogen) atoms. The number of piperidine rings is 1. The highest BCUT2D eigenvalue weighted by Gasteiger charge is 2.27. The second-order valence-electron chi connectivity index (χ2n) is 7.36. The molecule has 7 heteroatoms. The van der Waals surface area contributed by atoms with Gasteiger partial charge in [-0.1, -0.05) is 29.8 Å². The van der Waals surface area contributed by atoms with E-state index in [1.54, 1.807) is 30.5 Å². The van der Waals surface area contributed by atoms with E-state index in [9.17, 15) is 14.4 Å². The van der Waals surface area contributed by atoms with Gasteiger partial charge < -0.3 is 10.2 Å². The van der Waals surface area contributed by atoms with Gasteiger partial charge in [-0.15, -0.1) is 0 Å². The maximum absolute atomic E-state index is 13.7. The Morgan fingerprint density at radius 2 is 2.03 bits per heavy atom. The number of hydrogen-bond acceptors (Lipinski definition) is 4. The van der Waals surface area contributed by atoms with Gasteiger partial charge in [0.05, 0.1) is 16.8 Å². The molecule has 0 saturated carbocycles. The third-order valence-corrected chi connectivity index (χ3v) is 5.75. The molecule has 1 amide bonds. The van der Waals surface area contributed by atoms with Gasteiger partial charge in [0.2, 0.25) is 5.91 Å². The topological polar surface area (TPSA) is 69.0 Å². The number of aromatic nitrogens is 1. The number of nitrogens with zero attached hydrogens (tertiary/aromatic N) is 3. The molecule has 0 radical (unpaired) electrons. The van der Waals surface area contributed by atoms with Crippen molar-refractivity contribution in [3.8, 4) is 6.07 Å². The number of fused-ring (bicyclic) bond motifs is 1. The maximum atomic E-state index is 13.7. The van der Waals surface area contributed by atoms with E-state index in [0.717, 1.165) is 16.6 Å². The number of nitrogens with one attached hydrogen (secondary N) is 1. The van der Waals surface area contributed by atoms with Gasteiger partial charge in [-0.2, -0.15) is 5.26 Å². The smallest absolute Gasteiger partial charge is 0.223 e. The van der Waals surface area contributed by atoms with E-state index < -0.39 is 0 Å². The van der Waals surface area contributed by atoms with Gasteiger partial charge in [0.1, 0.15) is 11.9 Å². The van der Waals surface area contributed by atoms with E-state index in [1.165, 1.54) is 6.07 Å². The number of carbonyl (C=O) groups is 1. The van der Waals surface area contributed by atoms with Crippen molar-refractivity contribution >= 4 is 34.1 Å². The molecule has 1 aliphatic rings. The van der Waals surface area contributed by atoms with Crippen LogP contribution in [0.3, 0.4) is 0 Å². The number of nitriles is 1. The number of amides is 1. The highest BCUT2D eigenvalue weighted by Crippen LogP contribution is 2.34. The second kappa shape index (κ2) is 8.68. The minimum atomic E-state index is -0.320. The van der Waals surface area contributed by atoms with E-state index in [-0.39, 0.29) is 24.2 Å². The van der Waals surface area contributed by atoms with Gasteiger partial charge in [0.25, 0.3) is 0 Å². The van der Waals surface area contributed by atoms with Crippen molar-refractivity contribution in [3.63, 3.8) is 0 Å². The molecule has 1 N–H and O–H groups in total. The zero-order chi connectivity index (χ0) is 21.1. The summed E-state index contributed by atoms with van der Waals surface area (Å²) in [5.41, 5.74) is 2.56. The van der Waals surface area contributed by atoms with Crippen molar-refractivity contribution in [2.45, 2.75) is 19.4 Å². The van der Waals surface area contributed by atoms with Crippen LogP contribution in [0.15, 0.2) is 48.7 Å². The summed E-state index contributed by atoms with van der Waals surface area (Å²) in [5.74, 6) is -0.531. The first-order valence-electron chi connectivity index (χ1n) is 9.81. The molecule has 0 bridgehead atoms. The minimum Gasteiger partial charge on any atom is -0.370 e. The van der Waals surface area contributed by atoms with Crippen molar-refractivity contribution in [1.29, 1.82) is 5.26 Å². The van der Waals surface area contributed by atoms with Crippen LogP contribution in [0.5, 0.6) is 0 Å². The largest absolute Gasteiger partial charge is 0.370 e. The number of hydrogen-bond donors (Lipinski definition) is 1. The van der Waals surface area contributed by atoms with E-state index >= 15 is 0 Å². The van der Waals surface area contributed by atoms with Gasteiger partial charge in [-0.3, -0.25) is 9.78 Å². The molecule has 0 aliphatic carbocycles. The van der Waals surface area contributed by atoms with Crippen molar-refractivity contribution < 1.29 is 9.18 Å². The Hall–Kier alpha value is -3.17. The van der Waals surface area contributed by atoms with Crippen LogP contribution < -0.4 is 10.2 Å². The molecule has 152 valence electrons. The zero-order valence-corrected chi connectivity index (χ0v) is 17.0. The highest BCUT2D eigenvalue weighted by molar-refractivity contribution is 6.31. The molecular weight excluding hydrogens is 403 g/mol.